The van der Waals surface area contributed by atoms with Crippen LogP contribution in [-0.2, 0) is 15.7 Å². The number of hydrogen-bond acceptors (Lipinski definition) is 6. The van der Waals surface area contributed by atoms with E-state index in [0.717, 1.165) is 0 Å². The van der Waals surface area contributed by atoms with Gasteiger partial charge < -0.3 is 9.15 Å². The largest absolute Gasteiger partial charge is 0.479 e. The first kappa shape index (κ1) is 14.7. The van der Waals surface area contributed by atoms with E-state index in [1.165, 1.54) is 6.92 Å². The first-order valence-electron chi connectivity index (χ1n) is 5.13. The second-order valence-electron chi connectivity index (χ2n) is 3.66. The van der Waals surface area contributed by atoms with Crippen molar-refractivity contribution in [3.63, 3.8) is 0 Å². The lowest BCUT2D eigenvalue weighted by Crippen LogP contribution is -2.04. The van der Waals surface area contributed by atoms with Gasteiger partial charge >= 0.3 is 0 Å². The van der Waals surface area contributed by atoms with Crippen molar-refractivity contribution in [1.82, 2.24) is 10.2 Å². The van der Waals surface area contributed by atoms with Crippen molar-refractivity contribution in [3.8, 4) is 5.75 Å². The Kier molecular flexibility index (Phi) is 3.91. The predicted octanol–water partition coefficient (Wildman–Crippen LogP) is 2.16. The Morgan fingerprint density at radius 2 is 2.05 bits per heavy atom. The van der Waals surface area contributed by atoms with Crippen molar-refractivity contribution in [2.75, 3.05) is 0 Å². The van der Waals surface area contributed by atoms with Crippen molar-refractivity contribution >= 4 is 19.7 Å². The van der Waals surface area contributed by atoms with Crippen LogP contribution >= 0.6 is 10.7 Å². The van der Waals surface area contributed by atoms with Gasteiger partial charge in [-0.15, -0.1) is 10.2 Å². The van der Waals surface area contributed by atoms with Crippen LogP contribution in [-0.4, -0.2) is 18.6 Å². The first-order valence-corrected chi connectivity index (χ1v) is 7.44. The van der Waals surface area contributed by atoms with E-state index in [1.807, 2.05) is 0 Å². The van der Waals surface area contributed by atoms with E-state index < -0.39 is 31.3 Å². The van der Waals surface area contributed by atoms with Gasteiger partial charge in [0.25, 0.3) is 14.9 Å². The Balaban J connectivity index is 2.35. The molecule has 0 amide bonds. The number of benzene rings is 1. The smallest absolute Gasteiger partial charge is 0.265 e. The molecule has 1 aromatic heterocycles. The van der Waals surface area contributed by atoms with Crippen LogP contribution in [0.15, 0.2) is 21.4 Å². The van der Waals surface area contributed by atoms with Crippen LogP contribution in [0.25, 0.3) is 0 Å². The highest BCUT2D eigenvalue weighted by Gasteiger charge is 2.23. The van der Waals surface area contributed by atoms with Crippen LogP contribution in [0.3, 0.4) is 0 Å². The molecule has 6 nitrogen and oxygen atoms in total. The third-order valence-corrected chi connectivity index (χ3v) is 3.47. The lowest BCUT2D eigenvalue weighted by molar-refractivity contribution is 0.242. The average Bonchev–Trinajstić information content (AvgIpc) is 2.72. The van der Waals surface area contributed by atoms with Crippen molar-refractivity contribution in [2.45, 2.75) is 18.4 Å². The van der Waals surface area contributed by atoms with Crippen molar-refractivity contribution in [2.24, 2.45) is 0 Å². The monoisotopic (exact) mass is 324 g/mol. The molecule has 0 aliphatic rings. The number of halogens is 3. The average molecular weight is 325 g/mol. The molecule has 0 fully saturated rings. The lowest BCUT2D eigenvalue weighted by Gasteiger charge is -2.09. The number of rotatable bonds is 4. The molecule has 0 unspecified atom stereocenters. The zero-order valence-corrected chi connectivity index (χ0v) is 11.5. The normalized spacial score (nSPS) is 11.6. The summed E-state index contributed by atoms with van der Waals surface area (Å²) in [6.45, 7) is 1.15. The molecule has 0 aliphatic heterocycles. The topological polar surface area (TPSA) is 82.3 Å². The van der Waals surface area contributed by atoms with E-state index in [-0.39, 0.29) is 18.4 Å². The molecular formula is C10H7ClF2N2O4S. The van der Waals surface area contributed by atoms with Crippen molar-refractivity contribution < 1.29 is 26.4 Å². The Morgan fingerprint density at radius 3 is 2.60 bits per heavy atom. The molecule has 0 bridgehead atoms. The second kappa shape index (κ2) is 5.33. The molecule has 0 spiro atoms. The molecule has 1 heterocycles. The SMILES string of the molecule is Cc1nnc(COc2c(F)cc(F)cc2S(=O)(=O)Cl)o1. The minimum atomic E-state index is -4.38. The van der Waals surface area contributed by atoms with Gasteiger partial charge in [-0.25, -0.2) is 17.2 Å². The summed E-state index contributed by atoms with van der Waals surface area (Å²) in [4.78, 5) is -0.812. The van der Waals surface area contributed by atoms with E-state index in [2.05, 4.69) is 10.2 Å². The second-order valence-corrected chi connectivity index (χ2v) is 6.19. The summed E-state index contributed by atoms with van der Waals surface area (Å²) < 4.78 is 59.1. The van der Waals surface area contributed by atoms with Gasteiger partial charge in [0, 0.05) is 23.7 Å². The summed E-state index contributed by atoms with van der Waals surface area (Å²) in [7, 11) is 0.724. The highest BCUT2D eigenvalue weighted by Crippen LogP contribution is 2.31. The van der Waals surface area contributed by atoms with E-state index in [9.17, 15) is 17.2 Å². The molecule has 0 radical (unpaired) electrons. The summed E-state index contributed by atoms with van der Waals surface area (Å²) in [6.07, 6.45) is 0. The summed E-state index contributed by atoms with van der Waals surface area (Å²) in [6, 6.07) is 1.03. The molecular weight excluding hydrogens is 318 g/mol. The summed E-state index contributed by atoms with van der Waals surface area (Å²) in [5.74, 6) is -2.75. The standard InChI is InChI=1S/C10H7ClF2N2O4S/c1-5-14-15-9(19-5)4-18-10-7(13)2-6(12)3-8(10)20(11,16)17/h2-3H,4H2,1H3. The van der Waals surface area contributed by atoms with Gasteiger partial charge in [-0.1, -0.05) is 0 Å². The third kappa shape index (κ3) is 3.23. The number of aryl methyl sites for hydroxylation is 1. The predicted molar refractivity (Wildman–Crippen MR) is 62.8 cm³/mol. The molecule has 0 aliphatic carbocycles. The molecule has 20 heavy (non-hydrogen) atoms. The van der Waals surface area contributed by atoms with Gasteiger partial charge in [-0.05, 0) is 6.07 Å². The van der Waals surface area contributed by atoms with Gasteiger partial charge in [0.05, 0.1) is 0 Å². The van der Waals surface area contributed by atoms with E-state index >= 15 is 0 Å². The Bertz CT molecular complexity index is 748. The first-order chi connectivity index (χ1) is 9.27. The zero-order valence-electron chi connectivity index (χ0n) is 9.93. The summed E-state index contributed by atoms with van der Waals surface area (Å²) in [5, 5.41) is 7.09. The van der Waals surface area contributed by atoms with E-state index in [0.29, 0.717) is 12.1 Å². The highest BCUT2D eigenvalue weighted by molar-refractivity contribution is 8.13. The summed E-state index contributed by atoms with van der Waals surface area (Å²) >= 11 is 0. The van der Waals surface area contributed by atoms with Crippen LogP contribution in [0.5, 0.6) is 5.75 Å². The number of aromatic nitrogens is 2. The third-order valence-electron chi connectivity index (χ3n) is 2.14. The molecule has 0 atom stereocenters. The zero-order chi connectivity index (χ0) is 14.9. The molecule has 0 saturated heterocycles. The Labute approximate surface area is 116 Å². The van der Waals surface area contributed by atoms with Gasteiger partial charge in [0.15, 0.2) is 18.2 Å². The van der Waals surface area contributed by atoms with Crippen LogP contribution in [0.4, 0.5) is 8.78 Å². The molecule has 0 N–H and O–H groups in total. The maximum atomic E-state index is 13.6. The maximum Gasteiger partial charge on any atom is 0.265 e. The Morgan fingerprint density at radius 1 is 1.35 bits per heavy atom. The minimum absolute atomic E-state index is 0.00384. The number of ether oxygens (including phenoxy) is 1. The maximum absolute atomic E-state index is 13.6. The molecule has 0 saturated carbocycles. The van der Waals surface area contributed by atoms with Crippen LogP contribution in [0.1, 0.15) is 11.8 Å². The van der Waals surface area contributed by atoms with Gasteiger partial charge in [0.1, 0.15) is 10.7 Å². The molecule has 1 aromatic carbocycles. The lowest BCUT2D eigenvalue weighted by atomic mass is 10.3. The molecule has 108 valence electrons. The van der Waals surface area contributed by atoms with Crippen molar-refractivity contribution in [3.05, 3.63) is 35.5 Å². The number of hydrogen-bond donors (Lipinski definition) is 0. The highest BCUT2D eigenvalue weighted by atomic mass is 35.7. The minimum Gasteiger partial charge on any atom is -0.479 e. The van der Waals surface area contributed by atoms with Crippen LogP contribution in [0, 0.1) is 18.6 Å². The van der Waals surface area contributed by atoms with Gasteiger partial charge in [0.2, 0.25) is 5.89 Å². The molecule has 2 rings (SSSR count). The van der Waals surface area contributed by atoms with E-state index in [4.69, 9.17) is 19.8 Å². The Hall–Kier alpha value is -1.74. The fraction of sp³-hybridized carbons (Fsp3) is 0.200. The van der Waals surface area contributed by atoms with Crippen LogP contribution < -0.4 is 4.74 Å². The fourth-order valence-corrected chi connectivity index (χ4v) is 2.36. The van der Waals surface area contributed by atoms with Crippen molar-refractivity contribution in [1.29, 1.82) is 0 Å². The molecule has 2 aromatic rings. The summed E-state index contributed by atoms with van der Waals surface area (Å²) in [5.41, 5.74) is 0. The quantitative estimate of drug-likeness (QED) is 0.802. The fourth-order valence-electron chi connectivity index (χ4n) is 1.39. The van der Waals surface area contributed by atoms with Crippen LogP contribution in [0.2, 0.25) is 0 Å². The number of nitrogens with zero attached hydrogens (tertiary/aromatic N) is 2. The van der Waals surface area contributed by atoms with E-state index in [1.54, 1.807) is 0 Å². The van der Waals surface area contributed by atoms with Gasteiger partial charge in [-0.2, -0.15) is 0 Å². The molecule has 10 heteroatoms. The van der Waals surface area contributed by atoms with Gasteiger partial charge in [-0.3, -0.25) is 0 Å².